The molecule has 0 saturated carbocycles. The van der Waals surface area contributed by atoms with Crippen LogP contribution in [0.25, 0.3) is 5.70 Å². The van der Waals surface area contributed by atoms with Gasteiger partial charge in [0, 0.05) is 15.7 Å². The highest BCUT2D eigenvalue weighted by molar-refractivity contribution is 6.31. The normalized spacial score (nSPS) is 10.1. The molecule has 0 saturated heterocycles. The lowest BCUT2D eigenvalue weighted by Gasteiger charge is -2.16. The summed E-state index contributed by atoms with van der Waals surface area (Å²) in [6, 6.07) is 13.6. The van der Waals surface area contributed by atoms with E-state index in [-0.39, 0.29) is 24.5 Å². The monoisotopic (exact) mass is 407 g/mol. The van der Waals surface area contributed by atoms with E-state index < -0.39 is 11.9 Å². The quantitative estimate of drug-likeness (QED) is 0.304. The summed E-state index contributed by atoms with van der Waals surface area (Å²) >= 11 is 11.9. The Bertz CT molecular complexity index is 810. The molecular formula is C20H19Cl2NO4. The Balaban J connectivity index is 2.61. The van der Waals surface area contributed by atoms with Crippen LogP contribution < -0.4 is 5.32 Å². The summed E-state index contributed by atoms with van der Waals surface area (Å²) < 4.78 is 10.1. The average Bonchev–Trinajstić information content (AvgIpc) is 2.64. The van der Waals surface area contributed by atoms with Gasteiger partial charge >= 0.3 is 11.9 Å². The van der Waals surface area contributed by atoms with Crippen LogP contribution in [0.15, 0.2) is 54.1 Å². The highest BCUT2D eigenvalue weighted by atomic mass is 35.5. The fourth-order valence-electron chi connectivity index (χ4n) is 2.27. The molecule has 0 aliphatic carbocycles. The predicted octanol–water partition coefficient (Wildman–Crippen LogP) is 4.94. The molecule has 27 heavy (non-hydrogen) atoms. The van der Waals surface area contributed by atoms with Gasteiger partial charge in [0.15, 0.2) is 5.57 Å². The maximum Gasteiger partial charge on any atom is 0.347 e. The topological polar surface area (TPSA) is 64.6 Å². The number of carbonyl (C=O) groups excluding carboxylic acids is 2. The number of hydrogen-bond acceptors (Lipinski definition) is 5. The third-order valence-electron chi connectivity index (χ3n) is 3.46. The Hall–Kier alpha value is -2.50. The number of rotatable bonds is 7. The van der Waals surface area contributed by atoms with E-state index in [9.17, 15) is 9.59 Å². The molecule has 0 aromatic heterocycles. The van der Waals surface area contributed by atoms with Crippen LogP contribution in [-0.2, 0) is 19.1 Å². The van der Waals surface area contributed by atoms with Gasteiger partial charge < -0.3 is 14.8 Å². The Kier molecular flexibility index (Phi) is 7.70. The molecule has 2 aromatic carbocycles. The van der Waals surface area contributed by atoms with E-state index in [1.54, 1.807) is 62.4 Å². The first-order valence-corrected chi connectivity index (χ1v) is 9.08. The van der Waals surface area contributed by atoms with Crippen molar-refractivity contribution < 1.29 is 19.1 Å². The van der Waals surface area contributed by atoms with E-state index >= 15 is 0 Å². The van der Waals surface area contributed by atoms with Crippen molar-refractivity contribution >= 4 is 46.5 Å². The van der Waals surface area contributed by atoms with Gasteiger partial charge in [-0.2, -0.15) is 0 Å². The predicted molar refractivity (Wildman–Crippen MR) is 107 cm³/mol. The van der Waals surface area contributed by atoms with E-state index in [1.165, 1.54) is 0 Å². The minimum absolute atomic E-state index is 0.122. The standard InChI is InChI=1S/C20H19Cl2NO4/c1-3-26-19(24)17(20(25)27-4-2)18(13-5-7-14(21)8-6-13)23-16-11-9-15(22)10-12-16/h5-12,23H,3-4H2,1-2H3. The zero-order valence-corrected chi connectivity index (χ0v) is 16.4. The van der Waals surface area contributed by atoms with Crippen LogP contribution in [0.4, 0.5) is 5.69 Å². The fourth-order valence-corrected chi connectivity index (χ4v) is 2.52. The number of benzene rings is 2. The summed E-state index contributed by atoms with van der Waals surface area (Å²) in [6.07, 6.45) is 0. The number of ether oxygens (including phenoxy) is 2. The molecule has 1 N–H and O–H groups in total. The molecule has 0 unspecified atom stereocenters. The van der Waals surface area contributed by atoms with E-state index in [1.807, 2.05) is 0 Å². The largest absolute Gasteiger partial charge is 0.462 e. The van der Waals surface area contributed by atoms with E-state index in [0.29, 0.717) is 21.3 Å². The van der Waals surface area contributed by atoms with E-state index in [2.05, 4.69) is 5.32 Å². The van der Waals surface area contributed by atoms with Gasteiger partial charge in [-0.25, -0.2) is 9.59 Å². The third kappa shape index (κ3) is 5.74. The molecule has 0 spiro atoms. The second-order valence-electron chi connectivity index (χ2n) is 5.33. The van der Waals surface area contributed by atoms with Crippen molar-refractivity contribution in [3.05, 3.63) is 69.7 Å². The van der Waals surface area contributed by atoms with Crippen molar-refractivity contribution in [2.45, 2.75) is 13.8 Å². The molecule has 0 aliphatic rings. The second-order valence-corrected chi connectivity index (χ2v) is 6.20. The van der Waals surface area contributed by atoms with Gasteiger partial charge in [0.05, 0.1) is 18.9 Å². The molecular weight excluding hydrogens is 389 g/mol. The summed E-state index contributed by atoms with van der Waals surface area (Å²) in [7, 11) is 0. The molecule has 0 bridgehead atoms. The maximum absolute atomic E-state index is 12.5. The van der Waals surface area contributed by atoms with Crippen molar-refractivity contribution in [1.82, 2.24) is 0 Å². The Morgan fingerprint density at radius 1 is 0.815 bits per heavy atom. The summed E-state index contributed by atoms with van der Waals surface area (Å²) in [5.74, 6) is -1.55. The number of halogens is 2. The van der Waals surface area contributed by atoms with Crippen molar-refractivity contribution in [1.29, 1.82) is 0 Å². The first-order valence-electron chi connectivity index (χ1n) is 8.33. The number of hydrogen-bond donors (Lipinski definition) is 1. The molecule has 0 aliphatic heterocycles. The lowest BCUT2D eigenvalue weighted by atomic mass is 10.1. The average molecular weight is 408 g/mol. The second kappa shape index (κ2) is 10.00. The van der Waals surface area contributed by atoms with Gasteiger partial charge in [-0.15, -0.1) is 0 Å². The zero-order chi connectivity index (χ0) is 19.8. The van der Waals surface area contributed by atoms with Crippen molar-refractivity contribution in [3.8, 4) is 0 Å². The maximum atomic E-state index is 12.5. The fraction of sp³-hybridized carbons (Fsp3) is 0.200. The van der Waals surface area contributed by atoms with Crippen LogP contribution >= 0.6 is 23.2 Å². The molecule has 2 aromatic rings. The molecule has 5 nitrogen and oxygen atoms in total. The van der Waals surface area contributed by atoms with Crippen LogP contribution in [-0.4, -0.2) is 25.2 Å². The summed E-state index contributed by atoms with van der Waals surface area (Å²) in [5.41, 5.74) is 1.24. The molecule has 2 rings (SSSR count). The highest BCUT2D eigenvalue weighted by Crippen LogP contribution is 2.26. The summed E-state index contributed by atoms with van der Waals surface area (Å²) in [5, 5.41) is 4.19. The Labute approximate surface area is 167 Å². The molecule has 142 valence electrons. The lowest BCUT2D eigenvalue weighted by Crippen LogP contribution is -2.22. The van der Waals surface area contributed by atoms with Gasteiger partial charge in [-0.3, -0.25) is 0 Å². The van der Waals surface area contributed by atoms with Crippen LogP contribution in [0.1, 0.15) is 19.4 Å². The van der Waals surface area contributed by atoms with E-state index in [0.717, 1.165) is 0 Å². The van der Waals surface area contributed by atoms with Crippen LogP contribution in [0.3, 0.4) is 0 Å². The minimum atomic E-state index is -0.776. The molecule has 0 radical (unpaired) electrons. The minimum Gasteiger partial charge on any atom is -0.462 e. The number of esters is 2. The Morgan fingerprint density at radius 3 is 1.70 bits per heavy atom. The van der Waals surface area contributed by atoms with Gasteiger partial charge in [-0.1, -0.05) is 35.3 Å². The zero-order valence-electron chi connectivity index (χ0n) is 14.9. The number of carbonyl (C=O) groups is 2. The van der Waals surface area contributed by atoms with Crippen molar-refractivity contribution in [2.75, 3.05) is 18.5 Å². The van der Waals surface area contributed by atoms with Gasteiger partial charge in [0.1, 0.15) is 0 Å². The molecule has 0 fully saturated rings. The molecule has 0 heterocycles. The third-order valence-corrected chi connectivity index (χ3v) is 3.96. The van der Waals surface area contributed by atoms with Crippen molar-refractivity contribution in [2.24, 2.45) is 0 Å². The smallest absolute Gasteiger partial charge is 0.347 e. The van der Waals surface area contributed by atoms with Crippen molar-refractivity contribution in [3.63, 3.8) is 0 Å². The highest BCUT2D eigenvalue weighted by Gasteiger charge is 2.27. The van der Waals surface area contributed by atoms with Crippen LogP contribution in [0.2, 0.25) is 10.0 Å². The molecule has 0 atom stereocenters. The van der Waals surface area contributed by atoms with Gasteiger partial charge in [-0.05, 0) is 55.8 Å². The van der Waals surface area contributed by atoms with Crippen LogP contribution in [0.5, 0.6) is 0 Å². The first-order chi connectivity index (χ1) is 13.0. The number of anilines is 1. The van der Waals surface area contributed by atoms with Crippen LogP contribution in [0, 0.1) is 0 Å². The molecule has 0 amide bonds. The van der Waals surface area contributed by atoms with E-state index in [4.69, 9.17) is 32.7 Å². The van der Waals surface area contributed by atoms with Gasteiger partial charge in [0.25, 0.3) is 0 Å². The summed E-state index contributed by atoms with van der Waals surface area (Å²) in [6.45, 7) is 3.57. The number of nitrogens with one attached hydrogen (secondary N) is 1. The Morgan fingerprint density at radius 2 is 1.26 bits per heavy atom. The van der Waals surface area contributed by atoms with Gasteiger partial charge in [0.2, 0.25) is 0 Å². The summed E-state index contributed by atoms with van der Waals surface area (Å²) in [4.78, 5) is 25.0. The SMILES string of the molecule is CCOC(=O)C(C(=O)OCC)=C(Nc1ccc(Cl)cc1)c1ccc(Cl)cc1. The lowest BCUT2D eigenvalue weighted by molar-refractivity contribution is -0.146. The molecule has 7 heteroatoms. The first kappa shape index (κ1) is 20.8.